The van der Waals surface area contributed by atoms with Crippen LogP contribution in [0.25, 0.3) is 10.3 Å². The number of nitrogens with zero attached hydrogens (tertiary/aromatic N) is 5. The topological polar surface area (TPSA) is 101 Å². The van der Waals surface area contributed by atoms with Gasteiger partial charge in [0.05, 0.1) is 17.2 Å². The quantitative estimate of drug-likeness (QED) is 0.482. The summed E-state index contributed by atoms with van der Waals surface area (Å²) < 4.78 is 14.2. The Hall–Kier alpha value is -3.01. The molecule has 5 rings (SSSR count). The second-order valence-electron chi connectivity index (χ2n) is 9.76. The summed E-state index contributed by atoms with van der Waals surface area (Å²) in [4.78, 5) is 44.9. The molecule has 8 nitrogen and oxygen atoms in total. The SMILES string of the molecule is Cc1nc2nc(N[C@@H](C)c3cncc(F)c3)nc(C(=O)N3CC(CC(=O)CC4CCCC4)C3)c2s1. The third-order valence-electron chi connectivity index (χ3n) is 6.89. The van der Waals surface area contributed by atoms with Crippen LogP contribution in [0.3, 0.4) is 0 Å². The number of thiazole rings is 1. The van der Waals surface area contributed by atoms with Crippen LogP contribution < -0.4 is 5.32 Å². The fourth-order valence-electron chi connectivity index (χ4n) is 5.04. The molecule has 3 aromatic rings. The monoisotopic (exact) mass is 496 g/mol. The molecule has 1 saturated carbocycles. The van der Waals surface area contributed by atoms with E-state index in [1.54, 1.807) is 11.1 Å². The lowest BCUT2D eigenvalue weighted by Crippen LogP contribution is -2.50. The number of aromatic nitrogens is 4. The van der Waals surface area contributed by atoms with Gasteiger partial charge < -0.3 is 10.2 Å². The Labute approximate surface area is 207 Å². The summed E-state index contributed by atoms with van der Waals surface area (Å²) in [5.41, 5.74) is 1.41. The number of amides is 1. The highest BCUT2D eigenvalue weighted by Gasteiger charge is 2.35. The molecule has 2 fully saturated rings. The number of pyridine rings is 1. The first-order valence-corrected chi connectivity index (χ1v) is 13.0. The Morgan fingerprint density at radius 3 is 2.63 bits per heavy atom. The Balaban J connectivity index is 1.27. The number of aryl methyl sites for hydroxylation is 1. The van der Waals surface area contributed by atoms with Gasteiger partial charge in [0.25, 0.3) is 5.91 Å². The molecule has 0 aromatic carbocycles. The van der Waals surface area contributed by atoms with Crippen molar-refractivity contribution in [3.8, 4) is 0 Å². The molecule has 4 heterocycles. The van der Waals surface area contributed by atoms with E-state index in [2.05, 4.69) is 25.3 Å². The lowest BCUT2D eigenvalue weighted by atomic mass is 9.90. The Bertz CT molecular complexity index is 1250. The smallest absolute Gasteiger partial charge is 0.274 e. The number of carbonyl (C=O) groups is 2. The Morgan fingerprint density at radius 2 is 1.89 bits per heavy atom. The van der Waals surface area contributed by atoms with Crippen molar-refractivity contribution in [2.75, 3.05) is 18.4 Å². The van der Waals surface area contributed by atoms with E-state index in [4.69, 9.17) is 0 Å². The van der Waals surface area contributed by atoms with E-state index in [0.717, 1.165) is 11.2 Å². The average molecular weight is 497 g/mol. The number of likely N-dealkylation sites (tertiary alicyclic amines) is 1. The molecule has 0 radical (unpaired) electrons. The fraction of sp³-hybridized carbons (Fsp3) is 0.520. The van der Waals surface area contributed by atoms with Gasteiger partial charge in [0.15, 0.2) is 11.3 Å². The largest absolute Gasteiger partial charge is 0.348 e. The van der Waals surface area contributed by atoms with Crippen molar-refractivity contribution >= 4 is 39.3 Å². The zero-order valence-electron chi connectivity index (χ0n) is 20.0. The molecular weight excluding hydrogens is 467 g/mol. The van der Waals surface area contributed by atoms with E-state index in [-0.39, 0.29) is 23.8 Å². The summed E-state index contributed by atoms with van der Waals surface area (Å²) in [6.45, 7) is 4.84. The highest BCUT2D eigenvalue weighted by atomic mass is 32.1. The van der Waals surface area contributed by atoms with Crippen molar-refractivity contribution in [2.24, 2.45) is 11.8 Å². The number of hydrogen-bond acceptors (Lipinski definition) is 8. The molecule has 3 aromatic heterocycles. The third kappa shape index (κ3) is 5.32. The molecule has 1 N–H and O–H groups in total. The van der Waals surface area contributed by atoms with E-state index in [0.29, 0.717) is 59.2 Å². The van der Waals surface area contributed by atoms with Crippen LogP contribution in [0.5, 0.6) is 0 Å². The maximum absolute atomic E-state index is 13.6. The first kappa shape index (κ1) is 23.7. The van der Waals surface area contributed by atoms with Gasteiger partial charge >= 0.3 is 0 Å². The predicted octanol–water partition coefficient (Wildman–Crippen LogP) is 4.71. The number of ketones is 1. The number of anilines is 1. The van der Waals surface area contributed by atoms with Crippen LogP contribution in [0, 0.1) is 24.6 Å². The number of halogens is 1. The number of carbonyl (C=O) groups excluding carboxylic acids is 2. The highest BCUT2D eigenvalue weighted by Crippen LogP contribution is 2.31. The molecule has 2 aliphatic rings. The summed E-state index contributed by atoms with van der Waals surface area (Å²) in [6, 6.07) is 1.08. The van der Waals surface area contributed by atoms with E-state index in [9.17, 15) is 14.0 Å². The maximum Gasteiger partial charge on any atom is 0.274 e. The van der Waals surface area contributed by atoms with E-state index < -0.39 is 5.82 Å². The molecular formula is C25H29FN6O2S. The minimum atomic E-state index is -0.424. The van der Waals surface area contributed by atoms with Crippen molar-refractivity contribution in [3.63, 3.8) is 0 Å². The normalized spacial score (nSPS) is 17.5. The second-order valence-corrected chi connectivity index (χ2v) is 11.0. The number of Topliss-reactive ketones (excluding diaryl/α,β-unsaturated/α-hetero) is 1. The van der Waals surface area contributed by atoms with Gasteiger partial charge in [-0.15, -0.1) is 11.3 Å². The van der Waals surface area contributed by atoms with Crippen molar-refractivity contribution < 1.29 is 14.0 Å². The summed E-state index contributed by atoms with van der Waals surface area (Å²) in [6.07, 6.45) is 8.78. The minimum absolute atomic E-state index is 0.177. The van der Waals surface area contributed by atoms with Gasteiger partial charge in [0.1, 0.15) is 16.3 Å². The van der Waals surface area contributed by atoms with Crippen LogP contribution in [0.2, 0.25) is 0 Å². The maximum atomic E-state index is 13.6. The standard InChI is InChI=1S/C25H29FN6O2S/c1-14(18-9-19(26)11-27-10-18)28-25-30-21(22-23(31-25)29-15(2)35-22)24(34)32-12-17(13-32)8-20(33)7-16-5-3-4-6-16/h9-11,14,16-17H,3-8,12-13H2,1-2H3,(H,28,30,31)/t14-/m0/s1. The molecule has 1 aliphatic heterocycles. The molecule has 0 spiro atoms. The summed E-state index contributed by atoms with van der Waals surface area (Å²) in [7, 11) is 0. The molecule has 0 bridgehead atoms. The lowest BCUT2D eigenvalue weighted by Gasteiger charge is -2.39. The summed E-state index contributed by atoms with van der Waals surface area (Å²) in [5, 5.41) is 3.94. The molecule has 1 amide bonds. The molecule has 1 saturated heterocycles. The Morgan fingerprint density at radius 1 is 1.14 bits per heavy atom. The van der Waals surface area contributed by atoms with E-state index >= 15 is 0 Å². The average Bonchev–Trinajstić information content (AvgIpc) is 3.43. The highest BCUT2D eigenvalue weighted by molar-refractivity contribution is 7.18. The number of fused-ring (bicyclic) bond motifs is 1. The minimum Gasteiger partial charge on any atom is -0.348 e. The zero-order valence-corrected chi connectivity index (χ0v) is 20.8. The molecule has 184 valence electrons. The molecule has 10 heteroatoms. The molecule has 1 aliphatic carbocycles. The third-order valence-corrected chi connectivity index (χ3v) is 7.85. The number of hydrogen-bond donors (Lipinski definition) is 1. The van der Waals surface area contributed by atoms with Gasteiger partial charge in [-0.3, -0.25) is 14.6 Å². The van der Waals surface area contributed by atoms with Gasteiger partial charge in [-0.1, -0.05) is 25.7 Å². The second kappa shape index (κ2) is 9.93. The first-order valence-electron chi connectivity index (χ1n) is 12.2. The van der Waals surface area contributed by atoms with Crippen LogP contribution >= 0.6 is 11.3 Å². The van der Waals surface area contributed by atoms with Gasteiger partial charge in [0.2, 0.25) is 5.95 Å². The van der Waals surface area contributed by atoms with Gasteiger partial charge in [-0.25, -0.2) is 14.4 Å². The van der Waals surface area contributed by atoms with Crippen LogP contribution in [-0.2, 0) is 4.79 Å². The zero-order chi connectivity index (χ0) is 24.5. The molecule has 35 heavy (non-hydrogen) atoms. The summed E-state index contributed by atoms with van der Waals surface area (Å²) in [5.74, 6) is 0.749. The fourth-order valence-corrected chi connectivity index (χ4v) is 5.88. The van der Waals surface area contributed by atoms with E-state index in [1.165, 1.54) is 43.1 Å². The van der Waals surface area contributed by atoms with Crippen molar-refractivity contribution in [1.29, 1.82) is 0 Å². The van der Waals surface area contributed by atoms with Gasteiger partial charge in [0, 0.05) is 38.0 Å². The Kier molecular flexibility index (Phi) is 6.73. The lowest BCUT2D eigenvalue weighted by molar-refractivity contribution is -0.121. The predicted molar refractivity (Wildman–Crippen MR) is 132 cm³/mol. The van der Waals surface area contributed by atoms with Crippen molar-refractivity contribution in [3.05, 3.63) is 40.5 Å². The van der Waals surface area contributed by atoms with Crippen LogP contribution in [0.15, 0.2) is 18.5 Å². The van der Waals surface area contributed by atoms with Crippen molar-refractivity contribution in [2.45, 2.75) is 58.4 Å². The first-order chi connectivity index (χ1) is 16.9. The molecule has 1 atom stereocenters. The van der Waals surface area contributed by atoms with Crippen molar-refractivity contribution in [1.82, 2.24) is 24.8 Å². The van der Waals surface area contributed by atoms with E-state index in [1.807, 2.05) is 13.8 Å². The van der Waals surface area contributed by atoms with Crippen LogP contribution in [0.1, 0.15) is 72.6 Å². The van der Waals surface area contributed by atoms with Gasteiger partial charge in [-0.05, 0) is 31.4 Å². The number of rotatable bonds is 8. The van der Waals surface area contributed by atoms with Crippen LogP contribution in [0.4, 0.5) is 10.3 Å². The van der Waals surface area contributed by atoms with Gasteiger partial charge in [-0.2, -0.15) is 4.98 Å². The number of nitrogens with one attached hydrogen (secondary N) is 1. The summed E-state index contributed by atoms with van der Waals surface area (Å²) >= 11 is 1.39. The molecule has 0 unspecified atom stereocenters. The van der Waals surface area contributed by atoms with Crippen LogP contribution in [-0.4, -0.2) is 49.6 Å².